The molecule has 0 aliphatic carbocycles. The van der Waals surface area contributed by atoms with E-state index in [1.54, 1.807) is 12.3 Å². The van der Waals surface area contributed by atoms with E-state index < -0.39 is 0 Å². The smallest absolute Gasteiger partial charge is 0.0603 e. The lowest BCUT2D eigenvalue weighted by molar-refractivity contribution is 0.879. The standard InChI is InChI=1S/C14H14Cl2N2/c1-9(12-8-11(15)5-6-13(12)16)18-14-4-3-7-17-10(14)2/h3-9,18H,1-2H3. The minimum atomic E-state index is 0.0686. The van der Waals surface area contributed by atoms with Gasteiger partial charge in [0.25, 0.3) is 0 Å². The highest BCUT2D eigenvalue weighted by atomic mass is 35.5. The first-order valence-corrected chi connectivity index (χ1v) is 6.46. The molecule has 1 atom stereocenters. The van der Waals surface area contributed by atoms with Crippen molar-refractivity contribution in [2.24, 2.45) is 0 Å². The molecule has 2 nitrogen and oxygen atoms in total. The molecule has 2 rings (SSSR count). The van der Waals surface area contributed by atoms with Crippen molar-refractivity contribution in [1.29, 1.82) is 0 Å². The number of nitrogens with one attached hydrogen (secondary N) is 1. The van der Waals surface area contributed by atoms with Gasteiger partial charge in [0.15, 0.2) is 0 Å². The van der Waals surface area contributed by atoms with Crippen molar-refractivity contribution < 1.29 is 0 Å². The summed E-state index contributed by atoms with van der Waals surface area (Å²) in [7, 11) is 0. The summed E-state index contributed by atoms with van der Waals surface area (Å²) in [6.45, 7) is 4.01. The van der Waals surface area contributed by atoms with Gasteiger partial charge in [0, 0.05) is 16.2 Å². The minimum Gasteiger partial charge on any atom is -0.377 e. The molecule has 1 aromatic heterocycles. The Kier molecular flexibility index (Phi) is 4.10. The number of pyridine rings is 1. The summed E-state index contributed by atoms with van der Waals surface area (Å²) < 4.78 is 0. The van der Waals surface area contributed by atoms with Gasteiger partial charge in [-0.25, -0.2) is 0 Å². The number of benzene rings is 1. The van der Waals surface area contributed by atoms with E-state index in [0.717, 1.165) is 16.9 Å². The van der Waals surface area contributed by atoms with Crippen LogP contribution >= 0.6 is 23.2 Å². The topological polar surface area (TPSA) is 24.9 Å². The molecule has 18 heavy (non-hydrogen) atoms. The van der Waals surface area contributed by atoms with E-state index in [1.165, 1.54) is 0 Å². The maximum atomic E-state index is 6.18. The van der Waals surface area contributed by atoms with Crippen LogP contribution in [0.5, 0.6) is 0 Å². The number of aromatic nitrogens is 1. The number of nitrogens with zero attached hydrogens (tertiary/aromatic N) is 1. The van der Waals surface area contributed by atoms with Crippen molar-refractivity contribution in [3.05, 3.63) is 57.8 Å². The van der Waals surface area contributed by atoms with E-state index >= 15 is 0 Å². The highest BCUT2D eigenvalue weighted by Gasteiger charge is 2.11. The van der Waals surface area contributed by atoms with Gasteiger partial charge in [-0.05, 0) is 49.7 Å². The Labute approximate surface area is 117 Å². The van der Waals surface area contributed by atoms with Crippen LogP contribution in [0.2, 0.25) is 10.0 Å². The molecule has 0 saturated heterocycles. The van der Waals surface area contributed by atoms with E-state index in [0.29, 0.717) is 10.0 Å². The Morgan fingerprint density at radius 1 is 1.22 bits per heavy atom. The first kappa shape index (κ1) is 13.2. The quantitative estimate of drug-likeness (QED) is 0.868. The first-order valence-electron chi connectivity index (χ1n) is 5.71. The van der Waals surface area contributed by atoms with Gasteiger partial charge in [-0.1, -0.05) is 23.2 Å². The van der Waals surface area contributed by atoms with Crippen LogP contribution in [-0.4, -0.2) is 4.98 Å². The molecule has 0 spiro atoms. The van der Waals surface area contributed by atoms with E-state index in [9.17, 15) is 0 Å². The highest BCUT2D eigenvalue weighted by Crippen LogP contribution is 2.29. The van der Waals surface area contributed by atoms with Crippen molar-refractivity contribution >= 4 is 28.9 Å². The summed E-state index contributed by atoms with van der Waals surface area (Å²) in [5, 5.41) is 4.78. The van der Waals surface area contributed by atoms with E-state index in [2.05, 4.69) is 10.3 Å². The third kappa shape index (κ3) is 2.95. The molecule has 94 valence electrons. The molecule has 0 saturated carbocycles. The summed E-state index contributed by atoms with van der Waals surface area (Å²) in [5.74, 6) is 0. The fourth-order valence-electron chi connectivity index (χ4n) is 1.79. The van der Waals surface area contributed by atoms with Crippen molar-refractivity contribution in [2.45, 2.75) is 19.9 Å². The second-order valence-electron chi connectivity index (χ2n) is 4.17. The third-order valence-electron chi connectivity index (χ3n) is 2.80. The number of hydrogen-bond acceptors (Lipinski definition) is 2. The van der Waals surface area contributed by atoms with Crippen LogP contribution in [0.15, 0.2) is 36.5 Å². The molecule has 1 unspecified atom stereocenters. The minimum absolute atomic E-state index is 0.0686. The highest BCUT2D eigenvalue weighted by molar-refractivity contribution is 6.33. The molecular formula is C14H14Cl2N2. The maximum absolute atomic E-state index is 6.18. The molecule has 0 fully saturated rings. The van der Waals surface area contributed by atoms with Gasteiger partial charge in [0.2, 0.25) is 0 Å². The van der Waals surface area contributed by atoms with Gasteiger partial charge < -0.3 is 5.32 Å². The zero-order chi connectivity index (χ0) is 13.1. The number of halogens is 2. The van der Waals surface area contributed by atoms with Crippen LogP contribution in [0.25, 0.3) is 0 Å². The number of hydrogen-bond donors (Lipinski definition) is 1. The molecule has 0 aliphatic rings. The molecular weight excluding hydrogens is 267 g/mol. The molecule has 1 N–H and O–H groups in total. The monoisotopic (exact) mass is 280 g/mol. The van der Waals surface area contributed by atoms with Crippen molar-refractivity contribution in [3.63, 3.8) is 0 Å². The largest absolute Gasteiger partial charge is 0.377 e. The molecule has 1 aromatic carbocycles. The van der Waals surface area contributed by atoms with Crippen molar-refractivity contribution in [2.75, 3.05) is 5.32 Å². The van der Waals surface area contributed by atoms with Crippen molar-refractivity contribution in [1.82, 2.24) is 4.98 Å². The number of anilines is 1. The van der Waals surface area contributed by atoms with Gasteiger partial charge in [-0.15, -0.1) is 0 Å². The number of aryl methyl sites for hydroxylation is 1. The SMILES string of the molecule is Cc1ncccc1NC(C)c1cc(Cl)ccc1Cl. The fraction of sp³-hybridized carbons (Fsp3) is 0.214. The lowest BCUT2D eigenvalue weighted by Gasteiger charge is -2.18. The normalized spacial score (nSPS) is 12.2. The van der Waals surface area contributed by atoms with Crippen LogP contribution in [0.3, 0.4) is 0 Å². The van der Waals surface area contributed by atoms with Crippen LogP contribution in [-0.2, 0) is 0 Å². The molecule has 1 heterocycles. The van der Waals surface area contributed by atoms with Crippen LogP contribution < -0.4 is 5.32 Å². The zero-order valence-electron chi connectivity index (χ0n) is 10.2. The summed E-state index contributed by atoms with van der Waals surface area (Å²) in [5.41, 5.74) is 2.94. The van der Waals surface area contributed by atoms with Gasteiger partial charge >= 0.3 is 0 Å². The van der Waals surface area contributed by atoms with Crippen LogP contribution in [0.4, 0.5) is 5.69 Å². The Morgan fingerprint density at radius 2 is 2.00 bits per heavy atom. The predicted octanol–water partition coefficient (Wildman–Crippen LogP) is 4.87. The molecule has 4 heteroatoms. The van der Waals surface area contributed by atoms with Crippen molar-refractivity contribution in [3.8, 4) is 0 Å². The molecule has 2 aromatic rings. The Hall–Kier alpha value is -1.25. The molecule has 0 radical (unpaired) electrons. The summed E-state index contributed by atoms with van der Waals surface area (Å²) in [4.78, 5) is 4.24. The van der Waals surface area contributed by atoms with E-state index in [-0.39, 0.29) is 6.04 Å². The maximum Gasteiger partial charge on any atom is 0.0603 e. The Balaban J connectivity index is 2.25. The first-order chi connectivity index (χ1) is 8.58. The lowest BCUT2D eigenvalue weighted by atomic mass is 10.1. The molecule has 0 aliphatic heterocycles. The summed E-state index contributed by atoms with van der Waals surface area (Å²) in [6, 6.07) is 9.45. The van der Waals surface area contributed by atoms with Crippen LogP contribution in [0, 0.1) is 6.92 Å². The number of rotatable bonds is 3. The van der Waals surface area contributed by atoms with Gasteiger partial charge in [-0.2, -0.15) is 0 Å². The van der Waals surface area contributed by atoms with E-state index in [1.807, 2.05) is 38.1 Å². The average Bonchev–Trinajstić information content (AvgIpc) is 2.35. The van der Waals surface area contributed by atoms with Gasteiger partial charge in [-0.3, -0.25) is 4.98 Å². The summed E-state index contributed by atoms with van der Waals surface area (Å²) in [6.07, 6.45) is 1.78. The second kappa shape index (κ2) is 5.59. The third-order valence-corrected chi connectivity index (χ3v) is 3.38. The average molecular weight is 281 g/mol. The summed E-state index contributed by atoms with van der Waals surface area (Å²) >= 11 is 12.2. The Morgan fingerprint density at radius 3 is 2.72 bits per heavy atom. The van der Waals surface area contributed by atoms with E-state index in [4.69, 9.17) is 23.2 Å². The van der Waals surface area contributed by atoms with Gasteiger partial charge in [0.1, 0.15) is 0 Å². The lowest BCUT2D eigenvalue weighted by Crippen LogP contribution is -2.08. The zero-order valence-corrected chi connectivity index (χ0v) is 11.8. The van der Waals surface area contributed by atoms with Crippen LogP contribution in [0.1, 0.15) is 24.2 Å². The van der Waals surface area contributed by atoms with Gasteiger partial charge in [0.05, 0.1) is 17.4 Å². The molecule has 0 bridgehead atoms. The predicted molar refractivity (Wildman–Crippen MR) is 77.5 cm³/mol. The molecule has 0 amide bonds. The fourth-order valence-corrected chi connectivity index (χ4v) is 2.26. The second-order valence-corrected chi connectivity index (χ2v) is 5.01. The Bertz CT molecular complexity index is 555.